The lowest BCUT2D eigenvalue weighted by Crippen LogP contribution is -2.35. The van der Waals surface area contributed by atoms with Gasteiger partial charge < -0.3 is 10.5 Å². The topological polar surface area (TPSA) is 35.2 Å². The van der Waals surface area contributed by atoms with Crippen molar-refractivity contribution in [3.8, 4) is 5.75 Å². The molecule has 0 saturated carbocycles. The molecule has 1 unspecified atom stereocenters. The highest BCUT2D eigenvalue weighted by Gasteiger charge is 2.37. The molecule has 0 aromatic heterocycles. The second-order valence-corrected chi connectivity index (χ2v) is 5.51. The number of aryl methyl sites for hydroxylation is 2. The summed E-state index contributed by atoms with van der Waals surface area (Å²) in [6.07, 6.45) is 1.70. The van der Waals surface area contributed by atoms with Crippen molar-refractivity contribution in [3.05, 3.63) is 64.5 Å². The highest BCUT2D eigenvalue weighted by atomic mass is 19.1. The third-order valence-electron chi connectivity index (χ3n) is 4.14. The minimum atomic E-state index is -0.628. The molecule has 104 valence electrons. The first kappa shape index (κ1) is 13.1. The summed E-state index contributed by atoms with van der Waals surface area (Å²) in [7, 11) is 1.64. The maximum Gasteiger partial charge on any atom is 0.123 e. The zero-order valence-corrected chi connectivity index (χ0v) is 11.7. The Morgan fingerprint density at radius 3 is 2.70 bits per heavy atom. The molecule has 2 aromatic carbocycles. The highest BCUT2D eigenvalue weighted by molar-refractivity contribution is 5.50. The van der Waals surface area contributed by atoms with Crippen molar-refractivity contribution in [2.45, 2.75) is 25.3 Å². The van der Waals surface area contributed by atoms with Crippen LogP contribution in [-0.4, -0.2) is 7.11 Å². The average Bonchev–Trinajstić information content (AvgIpc) is 2.76. The Bertz CT molecular complexity index is 648. The fraction of sp³-hybridized carbons (Fsp3) is 0.294. The van der Waals surface area contributed by atoms with Crippen molar-refractivity contribution in [2.75, 3.05) is 7.11 Å². The third kappa shape index (κ3) is 1.98. The first-order chi connectivity index (χ1) is 9.53. The van der Waals surface area contributed by atoms with E-state index in [1.54, 1.807) is 13.2 Å². The van der Waals surface area contributed by atoms with Crippen LogP contribution in [0.1, 0.15) is 28.7 Å². The average molecular weight is 271 g/mol. The fourth-order valence-corrected chi connectivity index (χ4v) is 3.08. The minimum Gasteiger partial charge on any atom is -0.497 e. The van der Waals surface area contributed by atoms with Gasteiger partial charge in [-0.1, -0.05) is 12.1 Å². The molecule has 2 nitrogen and oxygen atoms in total. The molecule has 0 bridgehead atoms. The van der Waals surface area contributed by atoms with E-state index < -0.39 is 5.54 Å². The van der Waals surface area contributed by atoms with Gasteiger partial charge in [0.2, 0.25) is 0 Å². The first-order valence-electron chi connectivity index (χ1n) is 6.77. The molecule has 20 heavy (non-hydrogen) atoms. The van der Waals surface area contributed by atoms with E-state index in [1.807, 2.05) is 25.1 Å². The summed E-state index contributed by atoms with van der Waals surface area (Å²) in [4.78, 5) is 0. The number of methoxy groups -OCH3 is 1. The van der Waals surface area contributed by atoms with Crippen LogP contribution in [0, 0.1) is 12.7 Å². The Morgan fingerprint density at radius 2 is 2.00 bits per heavy atom. The van der Waals surface area contributed by atoms with Gasteiger partial charge in [-0.25, -0.2) is 4.39 Å². The lowest BCUT2D eigenvalue weighted by Gasteiger charge is -2.27. The number of benzene rings is 2. The van der Waals surface area contributed by atoms with Gasteiger partial charge in [0.15, 0.2) is 0 Å². The van der Waals surface area contributed by atoms with Crippen LogP contribution < -0.4 is 10.5 Å². The quantitative estimate of drug-likeness (QED) is 0.909. The monoisotopic (exact) mass is 271 g/mol. The van der Waals surface area contributed by atoms with Gasteiger partial charge in [-0.05, 0) is 66.3 Å². The molecule has 0 spiro atoms. The second kappa shape index (κ2) is 4.60. The number of ether oxygens (including phenoxy) is 1. The number of hydrogen-bond donors (Lipinski definition) is 1. The molecular weight excluding hydrogens is 253 g/mol. The van der Waals surface area contributed by atoms with E-state index >= 15 is 0 Å². The van der Waals surface area contributed by atoms with Gasteiger partial charge in [-0.3, -0.25) is 0 Å². The van der Waals surface area contributed by atoms with Gasteiger partial charge in [0.25, 0.3) is 0 Å². The van der Waals surface area contributed by atoms with Gasteiger partial charge in [-0.15, -0.1) is 0 Å². The summed E-state index contributed by atoms with van der Waals surface area (Å²) >= 11 is 0. The maximum absolute atomic E-state index is 13.7. The number of halogens is 1. The van der Waals surface area contributed by atoms with E-state index in [9.17, 15) is 4.39 Å². The number of hydrogen-bond acceptors (Lipinski definition) is 2. The minimum absolute atomic E-state index is 0.235. The molecule has 1 atom stereocenters. The molecule has 0 heterocycles. The Kier molecular flexibility index (Phi) is 3.02. The molecule has 0 amide bonds. The molecule has 0 saturated heterocycles. The Morgan fingerprint density at radius 1 is 1.20 bits per heavy atom. The van der Waals surface area contributed by atoms with E-state index in [4.69, 9.17) is 10.5 Å². The molecule has 2 N–H and O–H groups in total. The molecule has 3 heteroatoms. The van der Waals surface area contributed by atoms with Crippen molar-refractivity contribution in [1.29, 1.82) is 0 Å². The predicted octanol–water partition coefficient (Wildman–Crippen LogP) is 3.29. The summed E-state index contributed by atoms with van der Waals surface area (Å²) in [5.41, 5.74) is 9.99. The van der Waals surface area contributed by atoms with E-state index in [0.29, 0.717) is 0 Å². The highest BCUT2D eigenvalue weighted by Crippen LogP contribution is 2.41. The summed E-state index contributed by atoms with van der Waals surface area (Å²) < 4.78 is 19.0. The third-order valence-corrected chi connectivity index (χ3v) is 4.14. The molecular formula is C17H18FNO. The second-order valence-electron chi connectivity index (χ2n) is 5.51. The first-order valence-corrected chi connectivity index (χ1v) is 6.77. The van der Waals surface area contributed by atoms with E-state index in [-0.39, 0.29) is 5.82 Å². The lowest BCUT2D eigenvalue weighted by atomic mass is 9.84. The summed E-state index contributed by atoms with van der Waals surface area (Å²) in [5, 5.41) is 0. The number of nitrogens with two attached hydrogens (primary N) is 1. The van der Waals surface area contributed by atoms with Gasteiger partial charge in [0.1, 0.15) is 11.6 Å². The van der Waals surface area contributed by atoms with Gasteiger partial charge in [0.05, 0.1) is 12.6 Å². The Balaban J connectivity index is 2.15. The van der Waals surface area contributed by atoms with Crippen LogP contribution >= 0.6 is 0 Å². The van der Waals surface area contributed by atoms with Crippen molar-refractivity contribution in [3.63, 3.8) is 0 Å². The molecule has 3 rings (SSSR count). The smallest absolute Gasteiger partial charge is 0.123 e. The molecule has 0 aliphatic heterocycles. The van der Waals surface area contributed by atoms with Gasteiger partial charge >= 0.3 is 0 Å². The molecule has 0 fully saturated rings. The zero-order valence-electron chi connectivity index (χ0n) is 11.7. The van der Waals surface area contributed by atoms with Gasteiger partial charge in [-0.2, -0.15) is 0 Å². The molecule has 1 aliphatic carbocycles. The van der Waals surface area contributed by atoms with Crippen molar-refractivity contribution in [2.24, 2.45) is 5.73 Å². The maximum atomic E-state index is 13.7. The van der Waals surface area contributed by atoms with Crippen molar-refractivity contribution >= 4 is 0 Å². The SMILES string of the molecule is COc1ccc2c(c1)C(N)(c1cc(C)cc(F)c1)CC2. The van der Waals surface area contributed by atoms with Crippen molar-refractivity contribution < 1.29 is 9.13 Å². The van der Waals surface area contributed by atoms with E-state index in [0.717, 1.165) is 35.3 Å². The van der Waals surface area contributed by atoms with Crippen molar-refractivity contribution in [1.82, 2.24) is 0 Å². The van der Waals surface area contributed by atoms with E-state index in [1.165, 1.54) is 11.6 Å². The van der Waals surface area contributed by atoms with Crippen LogP contribution in [0.25, 0.3) is 0 Å². The lowest BCUT2D eigenvalue weighted by molar-refractivity contribution is 0.413. The van der Waals surface area contributed by atoms with Crippen LogP contribution in [0.4, 0.5) is 4.39 Å². The molecule has 0 radical (unpaired) electrons. The molecule has 2 aromatic rings. The Hall–Kier alpha value is -1.87. The standard InChI is InChI=1S/C17H18FNO/c1-11-7-13(9-14(18)8-11)17(19)6-5-12-3-4-15(20-2)10-16(12)17/h3-4,7-10H,5-6,19H2,1-2H3. The fourth-order valence-electron chi connectivity index (χ4n) is 3.08. The molecule has 1 aliphatic rings. The summed E-state index contributed by atoms with van der Waals surface area (Å²) in [5.74, 6) is 0.551. The van der Waals surface area contributed by atoms with Crippen LogP contribution in [0.5, 0.6) is 5.75 Å². The van der Waals surface area contributed by atoms with Crippen LogP contribution in [0.15, 0.2) is 36.4 Å². The summed E-state index contributed by atoms with van der Waals surface area (Å²) in [6, 6.07) is 11.0. The largest absolute Gasteiger partial charge is 0.497 e. The normalized spacial score (nSPS) is 20.8. The van der Waals surface area contributed by atoms with Gasteiger partial charge in [0, 0.05) is 0 Å². The van der Waals surface area contributed by atoms with Crippen LogP contribution in [-0.2, 0) is 12.0 Å². The zero-order chi connectivity index (χ0) is 14.3. The summed E-state index contributed by atoms with van der Waals surface area (Å²) in [6.45, 7) is 1.89. The van der Waals surface area contributed by atoms with Crippen LogP contribution in [0.3, 0.4) is 0 Å². The van der Waals surface area contributed by atoms with E-state index in [2.05, 4.69) is 6.07 Å². The van der Waals surface area contributed by atoms with Crippen LogP contribution in [0.2, 0.25) is 0 Å². The number of rotatable bonds is 2. The predicted molar refractivity (Wildman–Crippen MR) is 77.4 cm³/mol. The number of fused-ring (bicyclic) bond motifs is 1. The Labute approximate surface area is 118 Å².